The van der Waals surface area contributed by atoms with E-state index in [0.29, 0.717) is 22.6 Å². The van der Waals surface area contributed by atoms with Crippen molar-refractivity contribution >= 4 is 21.9 Å². The standard InChI is InChI=1S/C26H18FN5O2/c1-13-4-14(7-18(33)5-13)16-9-21-25(31-32-26(21)29-12-16)23-11-20-22(30-23)2-3-28-24(20)15-6-17(27)10-19(34)8-15/h2-12,30,33-34H,1H3,(H,29,31,32). The number of H-pyrrole nitrogens is 2. The molecule has 4 N–H and O–H groups in total. The molecule has 0 aliphatic heterocycles. The fourth-order valence-corrected chi connectivity index (χ4v) is 4.32. The minimum Gasteiger partial charge on any atom is -0.508 e. The molecule has 0 saturated heterocycles. The second-order valence-electron chi connectivity index (χ2n) is 8.25. The third-order valence-electron chi connectivity index (χ3n) is 5.77. The van der Waals surface area contributed by atoms with Crippen molar-refractivity contribution in [1.29, 1.82) is 0 Å². The lowest BCUT2D eigenvalue weighted by Gasteiger charge is -2.05. The molecule has 0 amide bonds. The first-order chi connectivity index (χ1) is 16.4. The number of fused-ring (bicyclic) bond motifs is 2. The van der Waals surface area contributed by atoms with Crippen LogP contribution in [0, 0.1) is 12.7 Å². The van der Waals surface area contributed by atoms with Crippen molar-refractivity contribution in [2.75, 3.05) is 0 Å². The second kappa shape index (κ2) is 7.41. The van der Waals surface area contributed by atoms with Crippen molar-refractivity contribution in [3.05, 3.63) is 78.4 Å². The van der Waals surface area contributed by atoms with E-state index in [1.54, 1.807) is 24.5 Å². The normalized spacial score (nSPS) is 11.5. The van der Waals surface area contributed by atoms with Crippen molar-refractivity contribution < 1.29 is 14.6 Å². The van der Waals surface area contributed by atoms with E-state index < -0.39 is 5.82 Å². The summed E-state index contributed by atoms with van der Waals surface area (Å²) in [7, 11) is 0. The van der Waals surface area contributed by atoms with Gasteiger partial charge in [-0.25, -0.2) is 9.37 Å². The SMILES string of the molecule is Cc1cc(O)cc(-c2cnc3[nH]nc(-c4cc5c(-c6cc(O)cc(F)c6)nccc5[nH]4)c3c2)c1. The summed E-state index contributed by atoms with van der Waals surface area (Å²) >= 11 is 0. The first-order valence-corrected chi connectivity index (χ1v) is 10.6. The molecule has 8 heteroatoms. The largest absolute Gasteiger partial charge is 0.508 e. The molecule has 0 saturated carbocycles. The van der Waals surface area contributed by atoms with E-state index in [2.05, 4.69) is 25.1 Å². The molecular formula is C26H18FN5O2. The lowest BCUT2D eigenvalue weighted by molar-refractivity contribution is 0.469. The van der Waals surface area contributed by atoms with Crippen molar-refractivity contribution in [2.45, 2.75) is 6.92 Å². The van der Waals surface area contributed by atoms with Gasteiger partial charge in [0.15, 0.2) is 5.65 Å². The quantitative estimate of drug-likeness (QED) is 0.276. The molecule has 6 aromatic rings. The van der Waals surface area contributed by atoms with Gasteiger partial charge in [-0.2, -0.15) is 5.10 Å². The van der Waals surface area contributed by atoms with Gasteiger partial charge in [0.1, 0.15) is 23.0 Å². The zero-order valence-electron chi connectivity index (χ0n) is 18.0. The summed E-state index contributed by atoms with van der Waals surface area (Å²) in [6, 6.07) is 15.0. The van der Waals surface area contributed by atoms with Gasteiger partial charge in [-0.05, 0) is 60.5 Å². The number of nitrogens with one attached hydrogen (secondary N) is 2. The Labute approximate surface area is 192 Å². The number of nitrogens with zero attached hydrogens (tertiary/aromatic N) is 3. The summed E-state index contributed by atoms with van der Waals surface area (Å²) in [6.45, 7) is 1.92. The second-order valence-corrected chi connectivity index (χ2v) is 8.25. The fraction of sp³-hybridized carbons (Fsp3) is 0.0385. The number of benzene rings is 2. The Morgan fingerprint density at radius 3 is 2.44 bits per heavy atom. The van der Waals surface area contributed by atoms with Gasteiger partial charge < -0.3 is 15.2 Å². The maximum absolute atomic E-state index is 13.9. The third-order valence-corrected chi connectivity index (χ3v) is 5.77. The number of rotatable bonds is 3. The van der Waals surface area contributed by atoms with Crippen molar-refractivity contribution in [3.63, 3.8) is 0 Å². The molecule has 0 unspecified atom stereocenters. The molecule has 6 rings (SSSR count). The Kier molecular flexibility index (Phi) is 4.35. The Morgan fingerprint density at radius 2 is 1.62 bits per heavy atom. The number of halogens is 1. The number of hydrogen-bond acceptors (Lipinski definition) is 5. The zero-order valence-corrected chi connectivity index (χ0v) is 18.0. The summed E-state index contributed by atoms with van der Waals surface area (Å²) in [4.78, 5) is 12.3. The number of phenolic OH excluding ortho intramolecular Hbond substituents is 2. The highest BCUT2D eigenvalue weighted by atomic mass is 19.1. The van der Waals surface area contributed by atoms with Gasteiger partial charge in [-0.3, -0.25) is 10.1 Å². The van der Waals surface area contributed by atoms with E-state index in [1.807, 2.05) is 31.2 Å². The van der Waals surface area contributed by atoms with Crippen LogP contribution < -0.4 is 0 Å². The number of aryl methyl sites for hydroxylation is 1. The molecule has 0 aliphatic carbocycles. The van der Waals surface area contributed by atoms with Crippen LogP contribution >= 0.6 is 0 Å². The van der Waals surface area contributed by atoms with Gasteiger partial charge in [0, 0.05) is 45.9 Å². The molecule has 0 bridgehead atoms. The van der Waals surface area contributed by atoms with Gasteiger partial charge in [0.2, 0.25) is 0 Å². The van der Waals surface area contributed by atoms with Crippen LogP contribution in [-0.2, 0) is 0 Å². The predicted octanol–water partition coefficient (Wildman–Crippen LogP) is 5.69. The molecule has 7 nitrogen and oxygen atoms in total. The molecule has 0 fully saturated rings. The molecule has 0 aliphatic rings. The Morgan fingerprint density at radius 1 is 0.794 bits per heavy atom. The van der Waals surface area contributed by atoms with E-state index in [0.717, 1.165) is 44.7 Å². The first kappa shape index (κ1) is 19.9. The van der Waals surface area contributed by atoms with Crippen LogP contribution in [0.25, 0.3) is 55.7 Å². The van der Waals surface area contributed by atoms with Crippen molar-refractivity contribution in [1.82, 2.24) is 25.1 Å². The van der Waals surface area contributed by atoms with E-state index in [4.69, 9.17) is 0 Å². The van der Waals surface area contributed by atoms with Crippen LogP contribution in [0.15, 0.2) is 67.0 Å². The lowest BCUT2D eigenvalue weighted by atomic mass is 10.0. The number of aromatic nitrogens is 5. The Bertz CT molecular complexity index is 1680. The average molecular weight is 451 g/mol. The monoisotopic (exact) mass is 451 g/mol. The highest BCUT2D eigenvalue weighted by molar-refractivity contribution is 6.00. The average Bonchev–Trinajstić information content (AvgIpc) is 3.41. The van der Waals surface area contributed by atoms with Gasteiger partial charge in [0.25, 0.3) is 0 Å². The van der Waals surface area contributed by atoms with Gasteiger partial charge >= 0.3 is 0 Å². The summed E-state index contributed by atoms with van der Waals surface area (Å²) in [5.74, 6) is -0.506. The van der Waals surface area contributed by atoms with Crippen LogP contribution in [0.5, 0.6) is 11.5 Å². The minimum absolute atomic E-state index is 0.163. The maximum atomic E-state index is 13.9. The smallest absolute Gasteiger partial charge is 0.155 e. The molecule has 0 radical (unpaired) electrons. The van der Waals surface area contributed by atoms with Gasteiger partial charge in [-0.1, -0.05) is 6.07 Å². The molecule has 0 spiro atoms. The van der Waals surface area contributed by atoms with E-state index in [-0.39, 0.29) is 11.5 Å². The number of aromatic amines is 2. The Hall–Kier alpha value is -4.72. The van der Waals surface area contributed by atoms with Crippen molar-refractivity contribution in [2.24, 2.45) is 0 Å². The molecule has 34 heavy (non-hydrogen) atoms. The summed E-state index contributed by atoms with van der Waals surface area (Å²) in [6.07, 6.45) is 3.37. The van der Waals surface area contributed by atoms with E-state index in [1.165, 1.54) is 12.1 Å². The fourth-order valence-electron chi connectivity index (χ4n) is 4.32. The van der Waals surface area contributed by atoms with Crippen LogP contribution in [0.1, 0.15) is 5.56 Å². The minimum atomic E-state index is -0.538. The van der Waals surface area contributed by atoms with Gasteiger partial charge in [-0.15, -0.1) is 0 Å². The number of pyridine rings is 2. The van der Waals surface area contributed by atoms with Crippen LogP contribution in [0.4, 0.5) is 4.39 Å². The number of phenols is 2. The number of hydrogen-bond donors (Lipinski definition) is 4. The number of aromatic hydroxyl groups is 2. The molecular weight excluding hydrogens is 433 g/mol. The maximum Gasteiger partial charge on any atom is 0.155 e. The van der Waals surface area contributed by atoms with E-state index >= 15 is 0 Å². The van der Waals surface area contributed by atoms with Crippen LogP contribution in [-0.4, -0.2) is 35.4 Å². The first-order valence-electron chi connectivity index (χ1n) is 10.6. The van der Waals surface area contributed by atoms with Crippen LogP contribution in [0.3, 0.4) is 0 Å². The predicted molar refractivity (Wildman–Crippen MR) is 128 cm³/mol. The molecule has 0 atom stereocenters. The summed E-state index contributed by atoms with van der Waals surface area (Å²) in [5, 5.41) is 28.9. The third kappa shape index (κ3) is 3.32. The molecule has 4 heterocycles. The lowest BCUT2D eigenvalue weighted by Crippen LogP contribution is -1.85. The molecule has 4 aromatic heterocycles. The van der Waals surface area contributed by atoms with E-state index in [9.17, 15) is 14.6 Å². The summed E-state index contributed by atoms with van der Waals surface area (Å²) in [5.41, 5.74) is 6.51. The highest BCUT2D eigenvalue weighted by Gasteiger charge is 2.16. The van der Waals surface area contributed by atoms with Crippen LogP contribution in [0.2, 0.25) is 0 Å². The zero-order chi connectivity index (χ0) is 23.4. The molecule has 166 valence electrons. The van der Waals surface area contributed by atoms with Gasteiger partial charge in [0.05, 0.1) is 11.4 Å². The Balaban J connectivity index is 1.51. The molecule has 2 aromatic carbocycles. The topological polar surface area (TPSA) is 111 Å². The highest BCUT2D eigenvalue weighted by Crippen LogP contribution is 2.35. The summed E-state index contributed by atoms with van der Waals surface area (Å²) < 4.78 is 13.9. The van der Waals surface area contributed by atoms with Crippen molar-refractivity contribution in [3.8, 4) is 45.3 Å².